The van der Waals surface area contributed by atoms with Crippen molar-refractivity contribution < 1.29 is 69.4 Å². The van der Waals surface area contributed by atoms with Crippen molar-refractivity contribution in [1.82, 2.24) is 0 Å². The summed E-state index contributed by atoms with van der Waals surface area (Å²) in [4.78, 5) is 16.1. The number of azide groups is 1. The molecule has 0 bridgehead atoms. The van der Waals surface area contributed by atoms with Crippen molar-refractivity contribution in [2.24, 2.45) is 5.28 Å². The van der Waals surface area contributed by atoms with Crippen LogP contribution in [0, 0.1) is 27.7 Å². The Bertz CT molecular complexity index is 1540. The highest BCUT2D eigenvalue weighted by Gasteiger charge is 2.07. The molecule has 0 heterocycles. The summed E-state index contributed by atoms with van der Waals surface area (Å²) in [6.07, 6.45) is -3.22. The van der Waals surface area contributed by atoms with Gasteiger partial charge in [-0.25, -0.2) is 0 Å². The first kappa shape index (κ1) is 55.0. The quantitative estimate of drug-likeness (QED) is 0.0230. The predicted molar refractivity (Wildman–Crippen MR) is 228 cm³/mol. The van der Waals surface area contributed by atoms with Gasteiger partial charge < -0.3 is 64.6 Å². The number of alkyl halides is 1. The number of para-hydroxylation sites is 4. The third-order valence-electron chi connectivity index (χ3n) is 7.23. The molecule has 17 nitrogen and oxygen atoms in total. The molecule has 4 rings (SSSR count). The van der Waals surface area contributed by atoms with Gasteiger partial charge in [0.2, 0.25) is 0 Å². The van der Waals surface area contributed by atoms with Crippen LogP contribution in [0.5, 0.6) is 23.0 Å². The molecule has 0 saturated carbocycles. The maximum absolute atomic E-state index is 10.0. The van der Waals surface area contributed by atoms with Gasteiger partial charge in [-0.05, 0) is 79.7 Å². The number of benzene rings is 4. The van der Waals surface area contributed by atoms with E-state index in [4.69, 9.17) is 65.3 Å². The molecule has 60 heavy (non-hydrogen) atoms. The van der Waals surface area contributed by atoms with Crippen LogP contribution < -0.4 is 18.9 Å². The van der Waals surface area contributed by atoms with E-state index in [0.29, 0.717) is 0 Å². The monoisotopic (exact) mass is 907 g/mol. The Labute approximate surface area is 358 Å². The molecule has 0 amide bonds. The predicted octanol–water partition coefficient (Wildman–Crippen LogP) is 4.06. The number of halogens is 1. The lowest BCUT2D eigenvalue weighted by atomic mass is 10.2. The Balaban J connectivity index is 0.000000732. The molecule has 0 aromatic heterocycles. The van der Waals surface area contributed by atoms with Gasteiger partial charge in [0.1, 0.15) is 84.4 Å². The van der Waals surface area contributed by atoms with Gasteiger partial charge in [-0.2, -0.15) is 0 Å². The normalized spacial score (nSPS) is 11.8. The summed E-state index contributed by atoms with van der Waals surface area (Å²) in [6.45, 7) is 7.14. The topological polar surface area (TPSA) is 274 Å². The molecule has 4 atom stereocenters. The largest absolute Gasteiger partial charge is 0.491 e. The van der Waals surface area contributed by atoms with E-state index in [0.717, 1.165) is 45.3 Å². The minimum absolute atomic E-state index is 0.0337. The minimum Gasteiger partial charge on any atom is -0.491 e. The Morgan fingerprint density at radius 2 is 0.767 bits per heavy atom. The van der Waals surface area contributed by atoms with Gasteiger partial charge in [-0.3, -0.25) is 4.79 Å². The van der Waals surface area contributed by atoms with E-state index >= 15 is 0 Å². The molecule has 0 spiro atoms. The van der Waals surface area contributed by atoms with Crippen molar-refractivity contribution >= 4 is 21.9 Å². The van der Waals surface area contributed by atoms with Gasteiger partial charge in [-0.15, -0.1) is 0 Å². The second-order valence-corrected chi connectivity index (χ2v) is 13.0. The SMILES string of the molecule is Cc1ccccc1OC[C@@H](O)CO.Cc1ccccc1OC[C@@H](O)CO.Cc1ccccc1OC[C@@H](O)CO.Cc1ccccc1OC[C@@H](O)CO.[N-]=[N+]=NOC(=O)CBr. The first-order valence-corrected chi connectivity index (χ1v) is 19.6. The van der Waals surface area contributed by atoms with Crippen molar-refractivity contribution in [3.8, 4) is 23.0 Å². The van der Waals surface area contributed by atoms with Crippen LogP contribution in [0.3, 0.4) is 0 Å². The summed E-state index contributed by atoms with van der Waals surface area (Å²) < 4.78 is 21.1. The average molecular weight is 909 g/mol. The van der Waals surface area contributed by atoms with Crippen LogP contribution in [-0.4, -0.2) is 129 Å². The molecule has 8 N–H and O–H groups in total. The highest BCUT2D eigenvalue weighted by Crippen LogP contribution is 2.18. The fourth-order valence-corrected chi connectivity index (χ4v) is 4.02. The van der Waals surface area contributed by atoms with Crippen molar-refractivity contribution in [2.75, 3.05) is 58.2 Å². The summed E-state index contributed by atoms with van der Waals surface area (Å²) in [5, 5.41) is 72.9. The number of hydrogen-bond acceptors (Lipinski definition) is 15. The first-order chi connectivity index (χ1) is 28.8. The molecule has 0 radical (unpaired) electrons. The highest BCUT2D eigenvalue weighted by atomic mass is 79.9. The molecular formula is C42H58BrN3O14. The Kier molecular flexibility index (Phi) is 31.9. The Morgan fingerprint density at radius 3 is 0.950 bits per heavy atom. The summed E-state index contributed by atoms with van der Waals surface area (Å²) in [7, 11) is 0. The lowest BCUT2D eigenvalue weighted by molar-refractivity contribution is -0.140. The number of nitrogens with zero attached hydrogens (tertiary/aromatic N) is 3. The van der Waals surface area contributed by atoms with Gasteiger partial charge in [0.05, 0.1) is 26.4 Å². The van der Waals surface area contributed by atoms with Crippen LogP contribution >= 0.6 is 15.9 Å². The summed E-state index contributed by atoms with van der Waals surface area (Å²) in [5.74, 6) is 2.37. The number of aliphatic hydroxyl groups is 8. The number of ether oxygens (including phenoxy) is 4. The van der Waals surface area contributed by atoms with Crippen molar-refractivity contribution in [1.29, 1.82) is 0 Å². The fourth-order valence-electron chi connectivity index (χ4n) is 3.92. The van der Waals surface area contributed by atoms with Crippen LogP contribution in [0.25, 0.3) is 10.4 Å². The lowest BCUT2D eigenvalue weighted by Gasteiger charge is -2.11. The van der Waals surface area contributed by atoms with Gasteiger partial charge in [-0.1, -0.05) is 88.7 Å². The number of aryl methyl sites for hydroxylation is 4. The number of carbonyl (C=O) groups excluding carboxylic acids is 1. The Hall–Kier alpha value is -4.98. The molecule has 0 aliphatic heterocycles. The number of aliphatic hydroxyl groups excluding tert-OH is 8. The van der Waals surface area contributed by atoms with Crippen LogP contribution in [0.15, 0.2) is 102 Å². The second-order valence-electron chi connectivity index (χ2n) is 12.4. The third kappa shape index (κ3) is 26.9. The van der Waals surface area contributed by atoms with Gasteiger partial charge in [0.25, 0.3) is 0 Å². The Morgan fingerprint density at radius 1 is 0.533 bits per heavy atom. The molecule has 0 saturated heterocycles. The lowest BCUT2D eigenvalue weighted by Crippen LogP contribution is -2.21. The van der Waals surface area contributed by atoms with Crippen LogP contribution in [0.2, 0.25) is 0 Å². The molecular weight excluding hydrogens is 850 g/mol. The van der Waals surface area contributed by atoms with E-state index < -0.39 is 30.4 Å². The van der Waals surface area contributed by atoms with Gasteiger partial charge in [0, 0.05) is 4.91 Å². The van der Waals surface area contributed by atoms with Crippen LogP contribution in [0.1, 0.15) is 22.3 Å². The molecule has 0 unspecified atom stereocenters. The van der Waals surface area contributed by atoms with Crippen LogP contribution in [0.4, 0.5) is 0 Å². The number of carbonyl (C=O) groups is 1. The molecule has 332 valence electrons. The first-order valence-electron chi connectivity index (χ1n) is 18.5. The van der Waals surface area contributed by atoms with E-state index in [1.54, 1.807) is 0 Å². The highest BCUT2D eigenvalue weighted by molar-refractivity contribution is 9.09. The summed E-state index contributed by atoms with van der Waals surface area (Å²) in [5.41, 5.74) is 11.7. The van der Waals surface area contributed by atoms with E-state index in [1.807, 2.05) is 125 Å². The molecule has 0 aliphatic rings. The third-order valence-corrected chi connectivity index (χ3v) is 7.69. The summed E-state index contributed by atoms with van der Waals surface area (Å²) >= 11 is 2.79. The molecule has 0 aliphatic carbocycles. The zero-order valence-corrected chi connectivity index (χ0v) is 35.7. The smallest absolute Gasteiger partial charge is 0.328 e. The fraction of sp³-hybridized carbons (Fsp3) is 0.405. The van der Waals surface area contributed by atoms with Crippen molar-refractivity contribution in [2.45, 2.75) is 52.1 Å². The van der Waals surface area contributed by atoms with Crippen LogP contribution in [-0.2, 0) is 9.63 Å². The van der Waals surface area contributed by atoms with Gasteiger partial charge in [0.15, 0.2) is 0 Å². The maximum Gasteiger partial charge on any atom is 0.328 e. The van der Waals surface area contributed by atoms with Gasteiger partial charge >= 0.3 is 5.97 Å². The van der Waals surface area contributed by atoms with Crippen molar-refractivity contribution in [3.05, 3.63) is 130 Å². The minimum atomic E-state index is -0.806. The standard InChI is InChI=1S/4C10H14O3.C2H2BrN3O2/c4*1-8-4-2-3-5-10(8)13-7-9(12)6-11;3-1-2(7)8-6-5-4/h4*2-5,9,11-12H,6-7H2,1H3;1H2/t4*9-;/m0000./s1. The number of hydrogen-bond donors (Lipinski definition) is 8. The van der Waals surface area contributed by atoms with E-state index in [1.165, 1.54) is 0 Å². The van der Waals surface area contributed by atoms with E-state index in [-0.39, 0.29) is 58.2 Å². The zero-order valence-electron chi connectivity index (χ0n) is 34.2. The second kappa shape index (κ2) is 34.8. The molecule has 0 fully saturated rings. The number of rotatable bonds is 18. The average Bonchev–Trinajstić information content (AvgIpc) is 3.27. The van der Waals surface area contributed by atoms with E-state index in [9.17, 15) is 4.79 Å². The molecule has 18 heteroatoms. The molecule has 4 aromatic carbocycles. The van der Waals surface area contributed by atoms with E-state index in [2.05, 4.69) is 31.0 Å². The molecule has 4 aromatic rings. The van der Waals surface area contributed by atoms with Crippen molar-refractivity contribution in [3.63, 3.8) is 0 Å². The maximum atomic E-state index is 10.0. The zero-order chi connectivity index (χ0) is 45.1. The summed E-state index contributed by atoms with van der Waals surface area (Å²) in [6, 6.07) is 30.2.